The molecule has 12 heteroatoms. The van der Waals surface area contributed by atoms with E-state index in [0.717, 1.165) is 37.2 Å². The molecule has 4 N–H and O–H groups in total. The number of aromatic nitrogens is 3. The number of anilines is 5. The normalized spacial score (nSPS) is 11.6. The van der Waals surface area contributed by atoms with Crippen LogP contribution >= 0.6 is 11.6 Å². The maximum atomic E-state index is 11.8. The van der Waals surface area contributed by atoms with Crippen LogP contribution in [-0.4, -0.2) is 61.3 Å². The van der Waals surface area contributed by atoms with Crippen LogP contribution in [-0.2, 0) is 10.0 Å². The summed E-state index contributed by atoms with van der Waals surface area (Å²) in [7, 11) is -1.39. The highest BCUT2D eigenvalue weighted by atomic mass is 35.5. The number of halogens is 1. The molecule has 2 heterocycles. The molecule has 0 aliphatic carbocycles. The molecule has 196 valence electrons. The smallest absolute Gasteiger partial charge is 0.231 e. The summed E-state index contributed by atoms with van der Waals surface area (Å²) >= 11 is 6.41. The van der Waals surface area contributed by atoms with Crippen LogP contribution in [0.15, 0.2) is 54.7 Å². The van der Waals surface area contributed by atoms with Gasteiger partial charge >= 0.3 is 0 Å². The molecule has 10 nitrogen and oxygen atoms in total. The Kier molecular flexibility index (Phi) is 8.37. The molecule has 0 saturated carbocycles. The van der Waals surface area contributed by atoms with Gasteiger partial charge in [0.15, 0.2) is 0 Å². The predicted molar refractivity (Wildman–Crippen MR) is 150 cm³/mol. The van der Waals surface area contributed by atoms with Gasteiger partial charge in [-0.25, -0.2) is 8.42 Å². The Balaban J connectivity index is 1.57. The summed E-state index contributed by atoms with van der Waals surface area (Å²) < 4.78 is 32.1. The lowest BCUT2D eigenvalue weighted by molar-refractivity contribution is 0.268. The molecule has 2 aromatic carbocycles. The minimum atomic E-state index is -3.48. The largest absolute Gasteiger partial charge is 0.493 e. The number of hydrogen-bond acceptors (Lipinski definition) is 8. The van der Waals surface area contributed by atoms with Gasteiger partial charge < -0.3 is 25.3 Å². The van der Waals surface area contributed by atoms with Gasteiger partial charge in [0, 0.05) is 24.5 Å². The molecule has 0 fully saturated rings. The van der Waals surface area contributed by atoms with Crippen molar-refractivity contribution in [2.24, 2.45) is 0 Å². The predicted octanol–water partition coefficient (Wildman–Crippen LogP) is 5.19. The third-order valence-corrected chi connectivity index (χ3v) is 6.43. The molecule has 0 saturated heterocycles. The van der Waals surface area contributed by atoms with E-state index in [1.807, 2.05) is 24.3 Å². The fourth-order valence-electron chi connectivity index (χ4n) is 3.63. The minimum absolute atomic E-state index is 0.323. The van der Waals surface area contributed by atoms with Crippen molar-refractivity contribution in [3.8, 4) is 5.75 Å². The van der Waals surface area contributed by atoms with Crippen LogP contribution in [0.4, 0.5) is 28.8 Å². The number of benzene rings is 2. The van der Waals surface area contributed by atoms with E-state index in [-0.39, 0.29) is 0 Å². The standard InChI is InChI=1S/C25H30ClN7O3S/c1-4-33(2)13-8-14-36-18-10-7-9-17(15-18)28-25-30-23-22(19(26)16-27-23)24(31-25)29-20-11-5-6-12-21(20)32-37(3,34)35/h5-7,9-12,15-16,32H,4,8,13-14H2,1-3H3,(H3,27,28,29,30,31). The van der Waals surface area contributed by atoms with Gasteiger partial charge in [0.2, 0.25) is 16.0 Å². The third-order valence-electron chi connectivity index (χ3n) is 5.54. The molecule has 0 unspecified atom stereocenters. The molecule has 4 rings (SSSR count). The van der Waals surface area contributed by atoms with Gasteiger partial charge in [0.25, 0.3) is 0 Å². The number of sulfonamides is 1. The number of hydrogen-bond donors (Lipinski definition) is 4. The number of fused-ring (bicyclic) bond motifs is 1. The van der Waals surface area contributed by atoms with Gasteiger partial charge in [-0.05, 0) is 44.3 Å². The van der Waals surface area contributed by atoms with Crippen LogP contribution < -0.4 is 20.1 Å². The van der Waals surface area contributed by atoms with E-state index in [9.17, 15) is 8.42 Å². The lowest BCUT2D eigenvalue weighted by Gasteiger charge is -2.15. The van der Waals surface area contributed by atoms with E-state index in [1.54, 1.807) is 30.5 Å². The van der Waals surface area contributed by atoms with Gasteiger partial charge in [-0.1, -0.05) is 36.7 Å². The van der Waals surface area contributed by atoms with Crippen molar-refractivity contribution in [2.75, 3.05) is 48.4 Å². The zero-order valence-corrected chi connectivity index (χ0v) is 22.4. The number of nitrogens with zero attached hydrogens (tertiary/aromatic N) is 3. The SMILES string of the molecule is CCN(C)CCCOc1cccc(Nc2nc(Nc3ccccc3NS(C)(=O)=O)c3c(Cl)c[nH]c3n2)c1. The number of para-hydroxylation sites is 2. The van der Waals surface area contributed by atoms with Gasteiger partial charge in [0.1, 0.15) is 17.2 Å². The quantitative estimate of drug-likeness (QED) is 0.180. The van der Waals surface area contributed by atoms with Crippen LogP contribution in [0.5, 0.6) is 5.75 Å². The van der Waals surface area contributed by atoms with Crippen molar-refractivity contribution in [1.29, 1.82) is 0 Å². The fourth-order valence-corrected chi connectivity index (χ4v) is 4.44. The molecular formula is C25H30ClN7O3S. The summed E-state index contributed by atoms with van der Waals surface area (Å²) in [6.07, 6.45) is 3.65. The second kappa shape index (κ2) is 11.7. The molecule has 0 aliphatic rings. The Labute approximate surface area is 221 Å². The molecule has 0 bridgehead atoms. The summed E-state index contributed by atoms with van der Waals surface area (Å²) in [5.41, 5.74) is 2.17. The first kappa shape index (κ1) is 26.5. The molecule has 0 amide bonds. The van der Waals surface area contributed by atoms with E-state index < -0.39 is 10.0 Å². The second-order valence-electron chi connectivity index (χ2n) is 8.55. The van der Waals surface area contributed by atoms with Crippen LogP contribution in [0.3, 0.4) is 0 Å². The monoisotopic (exact) mass is 543 g/mol. The Bertz CT molecular complexity index is 1480. The second-order valence-corrected chi connectivity index (χ2v) is 10.7. The van der Waals surface area contributed by atoms with Crippen molar-refractivity contribution >= 4 is 61.5 Å². The zero-order valence-electron chi connectivity index (χ0n) is 20.9. The molecule has 0 spiro atoms. The maximum Gasteiger partial charge on any atom is 0.231 e. The highest BCUT2D eigenvalue weighted by Gasteiger charge is 2.16. The molecule has 2 aromatic heterocycles. The Hall–Kier alpha value is -3.54. The molecular weight excluding hydrogens is 514 g/mol. The maximum absolute atomic E-state index is 11.8. The van der Waals surface area contributed by atoms with Crippen LogP contribution in [0.2, 0.25) is 5.02 Å². The van der Waals surface area contributed by atoms with Crippen molar-refractivity contribution in [3.05, 3.63) is 59.8 Å². The topological polar surface area (TPSA) is 124 Å². The van der Waals surface area contributed by atoms with Crippen LogP contribution in [0.1, 0.15) is 13.3 Å². The Morgan fingerprint density at radius 2 is 1.86 bits per heavy atom. The first-order valence-corrected chi connectivity index (χ1v) is 14.1. The van der Waals surface area contributed by atoms with Gasteiger partial charge in [-0.15, -0.1) is 0 Å². The van der Waals surface area contributed by atoms with Crippen molar-refractivity contribution < 1.29 is 13.2 Å². The third kappa shape index (κ3) is 7.25. The summed E-state index contributed by atoms with van der Waals surface area (Å²) in [5.74, 6) is 1.48. The Morgan fingerprint density at radius 3 is 2.62 bits per heavy atom. The highest BCUT2D eigenvalue weighted by Crippen LogP contribution is 2.34. The van der Waals surface area contributed by atoms with Gasteiger partial charge in [-0.3, -0.25) is 4.72 Å². The average molecular weight is 544 g/mol. The van der Waals surface area contributed by atoms with E-state index >= 15 is 0 Å². The summed E-state index contributed by atoms with van der Waals surface area (Å²) in [4.78, 5) is 14.5. The highest BCUT2D eigenvalue weighted by molar-refractivity contribution is 7.92. The molecule has 0 radical (unpaired) electrons. The fraction of sp³-hybridized carbons (Fsp3) is 0.280. The zero-order chi connectivity index (χ0) is 26.4. The van der Waals surface area contributed by atoms with Crippen molar-refractivity contribution in [1.82, 2.24) is 19.9 Å². The Morgan fingerprint density at radius 1 is 1.08 bits per heavy atom. The summed E-state index contributed by atoms with van der Waals surface area (Å²) in [6, 6.07) is 14.5. The molecule has 4 aromatic rings. The van der Waals surface area contributed by atoms with Crippen molar-refractivity contribution in [3.63, 3.8) is 0 Å². The van der Waals surface area contributed by atoms with E-state index in [1.165, 1.54) is 0 Å². The van der Waals surface area contributed by atoms with E-state index in [4.69, 9.17) is 16.3 Å². The van der Waals surface area contributed by atoms with E-state index in [0.29, 0.717) is 45.8 Å². The lowest BCUT2D eigenvalue weighted by Crippen LogP contribution is -2.20. The van der Waals surface area contributed by atoms with Gasteiger partial charge in [0.05, 0.1) is 34.6 Å². The average Bonchev–Trinajstić information content (AvgIpc) is 3.23. The van der Waals surface area contributed by atoms with Crippen LogP contribution in [0, 0.1) is 0 Å². The number of nitrogens with one attached hydrogen (secondary N) is 4. The minimum Gasteiger partial charge on any atom is -0.493 e. The summed E-state index contributed by atoms with van der Waals surface area (Å²) in [5, 5.41) is 7.43. The summed E-state index contributed by atoms with van der Waals surface area (Å²) in [6.45, 7) is 4.72. The first-order valence-electron chi connectivity index (χ1n) is 11.8. The molecule has 0 atom stereocenters. The van der Waals surface area contributed by atoms with Gasteiger partial charge in [-0.2, -0.15) is 9.97 Å². The number of ether oxygens (including phenoxy) is 1. The number of H-pyrrole nitrogens is 1. The van der Waals surface area contributed by atoms with Crippen molar-refractivity contribution in [2.45, 2.75) is 13.3 Å². The number of rotatable bonds is 12. The van der Waals surface area contributed by atoms with E-state index in [2.05, 4.69) is 49.2 Å². The molecule has 37 heavy (non-hydrogen) atoms. The molecule has 0 aliphatic heterocycles. The number of aromatic amines is 1. The first-order chi connectivity index (χ1) is 17.7. The van der Waals surface area contributed by atoms with Crippen LogP contribution in [0.25, 0.3) is 11.0 Å². The lowest BCUT2D eigenvalue weighted by atomic mass is 10.2.